The van der Waals surface area contributed by atoms with Gasteiger partial charge >= 0.3 is 5.97 Å². The molecule has 1 amide bonds. The molecule has 5 heteroatoms. The molecule has 0 aliphatic heterocycles. The lowest BCUT2D eigenvalue weighted by molar-refractivity contribution is -0.140. The largest absolute Gasteiger partial charge is 0.469 e. The predicted molar refractivity (Wildman–Crippen MR) is 70.9 cm³/mol. The molecule has 0 radical (unpaired) electrons. The van der Waals surface area contributed by atoms with Crippen LogP contribution >= 0.6 is 0 Å². The summed E-state index contributed by atoms with van der Waals surface area (Å²) in [5.74, 6) is -0.210. The highest BCUT2D eigenvalue weighted by Crippen LogP contribution is 2.25. The fourth-order valence-electron chi connectivity index (χ4n) is 1.62. The van der Waals surface area contributed by atoms with E-state index in [2.05, 4.69) is 23.9 Å². The van der Waals surface area contributed by atoms with Gasteiger partial charge in [-0.05, 0) is 31.2 Å². The van der Waals surface area contributed by atoms with Crippen LogP contribution in [0.3, 0.4) is 0 Å². The molecule has 0 aromatic rings. The van der Waals surface area contributed by atoms with E-state index in [0.717, 1.165) is 12.8 Å². The number of rotatable bonds is 9. The van der Waals surface area contributed by atoms with Gasteiger partial charge in [0.2, 0.25) is 5.91 Å². The zero-order valence-corrected chi connectivity index (χ0v) is 11.8. The van der Waals surface area contributed by atoms with Crippen molar-refractivity contribution in [2.45, 2.75) is 46.0 Å². The van der Waals surface area contributed by atoms with Gasteiger partial charge in [-0.15, -0.1) is 0 Å². The van der Waals surface area contributed by atoms with Gasteiger partial charge in [-0.3, -0.25) is 9.59 Å². The lowest BCUT2D eigenvalue weighted by atomic mass is 9.84. The molecule has 0 saturated heterocycles. The van der Waals surface area contributed by atoms with Gasteiger partial charge in [0.05, 0.1) is 7.11 Å². The molecular formula is C13H26N2O3. The topological polar surface area (TPSA) is 81.4 Å². The zero-order valence-electron chi connectivity index (χ0n) is 11.8. The van der Waals surface area contributed by atoms with E-state index in [4.69, 9.17) is 5.73 Å². The number of ether oxygens (including phenoxy) is 1. The Morgan fingerprint density at radius 2 is 1.89 bits per heavy atom. The second kappa shape index (κ2) is 8.91. The lowest BCUT2D eigenvalue weighted by Crippen LogP contribution is -2.27. The van der Waals surface area contributed by atoms with E-state index in [1.54, 1.807) is 0 Å². The van der Waals surface area contributed by atoms with Gasteiger partial charge in [-0.25, -0.2) is 0 Å². The van der Waals surface area contributed by atoms with E-state index < -0.39 is 0 Å². The molecule has 0 spiro atoms. The van der Waals surface area contributed by atoms with E-state index in [1.807, 2.05) is 0 Å². The minimum Gasteiger partial charge on any atom is -0.469 e. The van der Waals surface area contributed by atoms with Crippen molar-refractivity contribution in [3.05, 3.63) is 0 Å². The summed E-state index contributed by atoms with van der Waals surface area (Å²) < 4.78 is 4.51. The van der Waals surface area contributed by atoms with E-state index in [1.165, 1.54) is 7.11 Å². The molecule has 0 rings (SSSR count). The minimum atomic E-state index is -0.242. The van der Waals surface area contributed by atoms with Crippen LogP contribution in [0.5, 0.6) is 0 Å². The number of carbonyl (C=O) groups is 2. The fraction of sp³-hybridized carbons (Fsp3) is 0.846. The Morgan fingerprint density at radius 1 is 1.22 bits per heavy atom. The number of amides is 1. The van der Waals surface area contributed by atoms with Crippen LogP contribution in [0.15, 0.2) is 0 Å². The van der Waals surface area contributed by atoms with E-state index >= 15 is 0 Å². The Kier molecular flexibility index (Phi) is 8.37. The molecule has 0 aromatic carbocycles. The standard InChI is InChI=1S/C13H26N2O3/c1-13(2,8-9-14)7-6-11(16)15-10-4-5-12(17)18-3/h4-10,14H2,1-3H3,(H,15,16). The Hall–Kier alpha value is -1.10. The third-order valence-electron chi connectivity index (χ3n) is 2.96. The Bertz CT molecular complexity index is 265. The normalized spacial score (nSPS) is 11.1. The molecule has 0 heterocycles. The van der Waals surface area contributed by atoms with Crippen molar-refractivity contribution >= 4 is 11.9 Å². The number of esters is 1. The SMILES string of the molecule is COC(=O)CCCNC(=O)CCC(C)(C)CCN. The van der Waals surface area contributed by atoms with Crippen LogP contribution in [-0.4, -0.2) is 32.1 Å². The predicted octanol–water partition coefficient (Wildman–Crippen LogP) is 1.21. The maximum Gasteiger partial charge on any atom is 0.305 e. The quantitative estimate of drug-likeness (QED) is 0.481. The first-order valence-corrected chi connectivity index (χ1v) is 6.45. The summed E-state index contributed by atoms with van der Waals surface area (Å²) in [5, 5.41) is 2.80. The van der Waals surface area contributed by atoms with Gasteiger partial charge in [0.1, 0.15) is 0 Å². The first-order valence-electron chi connectivity index (χ1n) is 6.45. The molecule has 0 saturated carbocycles. The van der Waals surface area contributed by atoms with E-state index in [0.29, 0.717) is 32.4 Å². The number of nitrogens with one attached hydrogen (secondary N) is 1. The minimum absolute atomic E-state index is 0.0324. The van der Waals surface area contributed by atoms with Crippen LogP contribution in [-0.2, 0) is 14.3 Å². The van der Waals surface area contributed by atoms with Crippen molar-refractivity contribution in [3.63, 3.8) is 0 Å². The van der Waals surface area contributed by atoms with Crippen LogP contribution < -0.4 is 11.1 Å². The monoisotopic (exact) mass is 258 g/mol. The average molecular weight is 258 g/mol. The maximum atomic E-state index is 11.5. The van der Waals surface area contributed by atoms with Crippen LogP contribution in [0.1, 0.15) is 46.0 Å². The molecule has 0 aliphatic carbocycles. The Labute approximate surface area is 109 Å². The fourth-order valence-corrected chi connectivity index (χ4v) is 1.62. The molecule has 0 atom stereocenters. The molecular weight excluding hydrogens is 232 g/mol. The molecule has 5 nitrogen and oxygen atoms in total. The first kappa shape index (κ1) is 16.9. The smallest absolute Gasteiger partial charge is 0.305 e. The van der Waals surface area contributed by atoms with Gasteiger partial charge in [0, 0.05) is 19.4 Å². The third-order valence-corrected chi connectivity index (χ3v) is 2.96. The Morgan fingerprint density at radius 3 is 2.44 bits per heavy atom. The second-order valence-electron chi connectivity index (χ2n) is 5.23. The highest BCUT2D eigenvalue weighted by molar-refractivity contribution is 5.76. The van der Waals surface area contributed by atoms with E-state index in [9.17, 15) is 9.59 Å². The number of nitrogens with two attached hydrogens (primary N) is 1. The number of carbonyl (C=O) groups excluding carboxylic acids is 2. The van der Waals surface area contributed by atoms with Crippen molar-refractivity contribution in [3.8, 4) is 0 Å². The third kappa shape index (κ3) is 8.98. The highest BCUT2D eigenvalue weighted by atomic mass is 16.5. The molecule has 0 aromatic heterocycles. The number of hydrogen-bond acceptors (Lipinski definition) is 4. The van der Waals surface area contributed by atoms with Crippen LogP contribution in [0.2, 0.25) is 0 Å². The van der Waals surface area contributed by atoms with Gasteiger partial charge in [-0.2, -0.15) is 0 Å². The summed E-state index contributed by atoms with van der Waals surface area (Å²) in [6.45, 7) is 5.40. The summed E-state index contributed by atoms with van der Waals surface area (Å²) in [6.07, 6.45) is 3.21. The molecule has 0 bridgehead atoms. The summed E-state index contributed by atoms with van der Waals surface area (Å²) in [6, 6.07) is 0. The van der Waals surface area contributed by atoms with Crippen molar-refractivity contribution in [2.75, 3.05) is 20.2 Å². The molecule has 3 N–H and O–H groups in total. The van der Waals surface area contributed by atoms with Gasteiger partial charge in [-0.1, -0.05) is 13.8 Å². The summed E-state index contributed by atoms with van der Waals surface area (Å²) in [4.78, 5) is 22.4. The summed E-state index contributed by atoms with van der Waals surface area (Å²) in [7, 11) is 1.36. The van der Waals surface area contributed by atoms with Crippen LogP contribution in [0, 0.1) is 5.41 Å². The molecule has 0 unspecified atom stereocenters. The van der Waals surface area contributed by atoms with Gasteiger partial charge < -0.3 is 15.8 Å². The number of methoxy groups -OCH3 is 1. The summed E-state index contributed by atoms with van der Waals surface area (Å²) >= 11 is 0. The highest BCUT2D eigenvalue weighted by Gasteiger charge is 2.18. The van der Waals surface area contributed by atoms with Crippen LogP contribution in [0.25, 0.3) is 0 Å². The molecule has 106 valence electrons. The number of hydrogen-bond donors (Lipinski definition) is 2. The Balaban J connectivity index is 3.63. The van der Waals surface area contributed by atoms with Gasteiger partial charge in [0.15, 0.2) is 0 Å². The van der Waals surface area contributed by atoms with Crippen molar-refractivity contribution in [1.29, 1.82) is 0 Å². The summed E-state index contributed by atoms with van der Waals surface area (Å²) in [5.41, 5.74) is 5.63. The van der Waals surface area contributed by atoms with Gasteiger partial charge in [0.25, 0.3) is 0 Å². The zero-order chi connectivity index (χ0) is 14.0. The van der Waals surface area contributed by atoms with E-state index in [-0.39, 0.29) is 17.3 Å². The second-order valence-corrected chi connectivity index (χ2v) is 5.23. The maximum absolute atomic E-state index is 11.5. The van der Waals surface area contributed by atoms with Crippen LogP contribution in [0.4, 0.5) is 0 Å². The van der Waals surface area contributed by atoms with Crippen molar-refractivity contribution in [2.24, 2.45) is 11.1 Å². The average Bonchev–Trinajstić information content (AvgIpc) is 2.32. The van der Waals surface area contributed by atoms with Crippen molar-refractivity contribution in [1.82, 2.24) is 5.32 Å². The molecule has 0 fully saturated rings. The lowest BCUT2D eigenvalue weighted by Gasteiger charge is -2.23. The molecule has 0 aliphatic rings. The molecule has 18 heavy (non-hydrogen) atoms. The first-order chi connectivity index (χ1) is 8.41. The van der Waals surface area contributed by atoms with Crippen molar-refractivity contribution < 1.29 is 14.3 Å².